The number of hydrogen-bond acceptors (Lipinski definition) is 3. The first-order chi connectivity index (χ1) is 10.8. The molecule has 1 aliphatic rings. The van der Waals surface area contributed by atoms with Crippen molar-refractivity contribution in [2.45, 2.75) is 32.7 Å². The molecule has 22 heavy (non-hydrogen) atoms. The van der Waals surface area contributed by atoms with E-state index in [-0.39, 0.29) is 0 Å². The maximum atomic E-state index is 4.52. The fraction of sp³-hybridized carbons (Fsp3) is 0.316. The lowest BCUT2D eigenvalue weighted by molar-refractivity contribution is 0.641. The molecular formula is C19H23N3. The predicted molar refractivity (Wildman–Crippen MR) is 92.5 cm³/mol. The second-order valence-corrected chi connectivity index (χ2v) is 5.67. The zero-order valence-electron chi connectivity index (χ0n) is 13.1. The number of rotatable bonds is 5. The summed E-state index contributed by atoms with van der Waals surface area (Å²) >= 11 is 0. The van der Waals surface area contributed by atoms with Crippen molar-refractivity contribution < 1.29 is 0 Å². The second kappa shape index (κ2) is 7.23. The van der Waals surface area contributed by atoms with Gasteiger partial charge in [0, 0.05) is 18.4 Å². The van der Waals surface area contributed by atoms with Crippen molar-refractivity contribution in [1.82, 2.24) is 10.3 Å². The van der Waals surface area contributed by atoms with Gasteiger partial charge in [-0.1, -0.05) is 31.2 Å². The van der Waals surface area contributed by atoms with Gasteiger partial charge in [0.1, 0.15) is 5.82 Å². The third-order valence-corrected chi connectivity index (χ3v) is 3.95. The van der Waals surface area contributed by atoms with Crippen LogP contribution >= 0.6 is 0 Å². The van der Waals surface area contributed by atoms with Gasteiger partial charge in [0.2, 0.25) is 0 Å². The van der Waals surface area contributed by atoms with Crippen LogP contribution in [0.5, 0.6) is 0 Å². The quantitative estimate of drug-likeness (QED) is 0.819. The smallest absolute Gasteiger partial charge is 0.130 e. The van der Waals surface area contributed by atoms with Gasteiger partial charge in [0.25, 0.3) is 0 Å². The summed E-state index contributed by atoms with van der Waals surface area (Å²) in [5.41, 5.74) is 5.13. The van der Waals surface area contributed by atoms with E-state index in [0.717, 1.165) is 43.9 Å². The van der Waals surface area contributed by atoms with Gasteiger partial charge in [0.05, 0.1) is 0 Å². The highest BCUT2D eigenvalue weighted by molar-refractivity contribution is 5.57. The molecule has 0 amide bonds. The lowest BCUT2D eigenvalue weighted by Gasteiger charge is -2.17. The molecule has 114 valence electrons. The molecule has 0 atom stereocenters. The maximum Gasteiger partial charge on any atom is 0.130 e. The highest BCUT2D eigenvalue weighted by atomic mass is 15.0. The summed E-state index contributed by atoms with van der Waals surface area (Å²) in [5, 5.41) is 6.79. The van der Waals surface area contributed by atoms with Gasteiger partial charge in [-0.2, -0.15) is 0 Å². The largest absolute Gasteiger partial charge is 0.340 e. The van der Waals surface area contributed by atoms with Gasteiger partial charge in [-0.25, -0.2) is 4.98 Å². The summed E-state index contributed by atoms with van der Waals surface area (Å²) < 4.78 is 0. The minimum atomic E-state index is 0.918. The third-order valence-electron chi connectivity index (χ3n) is 3.95. The SMILES string of the molecule is CCC=CCc1ccc(Nc2cc3c(cn2)CCNC3)cc1. The Kier molecular flexibility index (Phi) is 4.86. The van der Waals surface area contributed by atoms with E-state index in [0.29, 0.717) is 0 Å². The fourth-order valence-electron chi connectivity index (χ4n) is 2.69. The van der Waals surface area contributed by atoms with Gasteiger partial charge in [-0.15, -0.1) is 0 Å². The molecule has 0 bridgehead atoms. The maximum absolute atomic E-state index is 4.52. The van der Waals surface area contributed by atoms with Crippen LogP contribution in [0.4, 0.5) is 11.5 Å². The van der Waals surface area contributed by atoms with E-state index in [2.05, 4.69) is 65.0 Å². The van der Waals surface area contributed by atoms with Crippen molar-refractivity contribution >= 4 is 11.5 Å². The molecule has 1 aromatic heterocycles. The molecule has 2 aromatic rings. The number of fused-ring (bicyclic) bond motifs is 1. The molecule has 3 nitrogen and oxygen atoms in total. The highest BCUT2D eigenvalue weighted by Crippen LogP contribution is 2.20. The third kappa shape index (κ3) is 3.74. The molecule has 0 saturated carbocycles. The monoisotopic (exact) mass is 293 g/mol. The Morgan fingerprint density at radius 1 is 1.18 bits per heavy atom. The van der Waals surface area contributed by atoms with Crippen LogP contribution < -0.4 is 10.6 Å². The fourth-order valence-corrected chi connectivity index (χ4v) is 2.69. The van der Waals surface area contributed by atoms with Crippen molar-refractivity contribution in [3.05, 3.63) is 65.4 Å². The normalized spacial score (nSPS) is 14.0. The summed E-state index contributed by atoms with van der Waals surface area (Å²) in [6.07, 6.45) is 9.60. The van der Waals surface area contributed by atoms with E-state index >= 15 is 0 Å². The molecule has 0 fully saturated rings. The molecule has 0 aliphatic carbocycles. The zero-order chi connectivity index (χ0) is 15.2. The van der Waals surface area contributed by atoms with Crippen LogP contribution in [0, 0.1) is 0 Å². The summed E-state index contributed by atoms with van der Waals surface area (Å²) in [7, 11) is 0. The van der Waals surface area contributed by atoms with E-state index < -0.39 is 0 Å². The molecule has 3 rings (SSSR count). The topological polar surface area (TPSA) is 37.0 Å². The van der Waals surface area contributed by atoms with Crippen LogP contribution in [-0.4, -0.2) is 11.5 Å². The molecule has 0 unspecified atom stereocenters. The lowest BCUT2D eigenvalue weighted by Crippen LogP contribution is -2.23. The molecule has 0 saturated heterocycles. The molecule has 3 heteroatoms. The Hall–Kier alpha value is -2.13. The number of nitrogens with zero attached hydrogens (tertiary/aromatic N) is 1. The van der Waals surface area contributed by atoms with E-state index in [4.69, 9.17) is 0 Å². The average Bonchev–Trinajstić information content (AvgIpc) is 2.57. The summed E-state index contributed by atoms with van der Waals surface area (Å²) in [6, 6.07) is 10.7. The van der Waals surface area contributed by atoms with Gasteiger partial charge in [-0.05, 0) is 60.7 Å². The van der Waals surface area contributed by atoms with Crippen LogP contribution in [0.2, 0.25) is 0 Å². The van der Waals surface area contributed by atoms with Crippen LogP contribution in [0.1, 0.15) is 30.0 Å². The molecule has 2 N–H and O–H groups in total. The summed E-state index contributed by atoms with van der Waals surface area (Å²) in [6.45, 7) is 4.15. The van der Waals surface area contributed by atoms with Gasteiger partial charge < -0.3 is 10.6 Å². The number of anilines is 2. The Morgan fingerprint density at radius 2 is 2.05 bits per heavy atom. The van der Waals surface area contributed by atoms with E-state index in [1.165, 1.54) is 16.7 Å². The minimum absolute atomic E-state index is 0.918. The van der Waals surface area contributed by atoms with Crippen LogP contribution in [-0.2, 0) is 19.4 Å². The van der Waals surface area contributed by atoms with Crippen molar-refractivity contribution in [2.75, 3.05) is 11.9 Å². The average molecular weight is 293 g/mol. The van der Waals surface area contributed by atoms with Gasteiger partial charge >= 0.3 is 0 Å². The number of aromatic nitrogens is 1. The van der Waals surface area contributed by atoms with Crippen molar-refractivity contribution in [3.63, 3.8) is 0 Å². The standard InChI is InChI=1S/C19H23N3/c1-2-3-4-5-15-6-8-18(9-7-15)22-19-12-17-13-20-11-10-16(17)14-21-19/h3-4,6-9,12,14,20H,2,5,10-11,13H2,1H3,(H,21,22). The Balaban J connectivity index is 1.66. The Bertz CT molecular complexity index is 644. The van der Waals surface area contributed by atoms with E-state index in [1.807, 2.05) is 6.20 Å². The number of allylic oxidation sites excluding steroid dienone is 2. The minimum Gasteiger partial charge on any atom is -0.340 e. The van der Waals surface area contributed by atoms with Gasteiger partial charge in [-0.3, -0.25) is 0 Å². The summed E-state index contributed by atoms with van der Waals surface area (Å²) in [5.74, 6) is 0.918. The number of nitrogens with one attached hydrogen (secondary N) is 2. The van der Waals surface area contributed by atoms with Crippen LogP contribution in [0.3, 0.4) is 0 Å². The Labute approximate surface area is 132 Å². The first kappa shape index (κ1) is 14.8. The molecule has 1 aromatic carbocycles. The second-order valence-electron chi connectivity index (χ2n) is 5.67. The van der Waals surface area contributed by atoms with Crippen molar-refractivity contribution in [2.24, 2.45) is 0 Å². The first-order valence-corrected chi connectivity index (χ1v) is 8.04. The molecule has 0 radical (unpaired) electrons. The van der Waals surface area contributed by atoms with E-state index in [9.17, 15) is 0 Å². The van der Waals surface area contributed by atoms with Crippen LogP contribution in [0.25, 0.3) is 0 Å². The molecule has 1 aliphatic heterocycles. The zero-order valence-corrected chi connectivity index (χ0v) is 13.1. The number of pyridine rings is 1. The predicted octanol–water partition coefficient (Wildman–Crippen LogP) is 3.98. The lowest BCUT2D eigenvalue weighted by atomic mass is 10.0. The van der Waals surface area contributed by atoms with Crippen molar-refractivity contribution in [3.8, 4) is 0 Å². The molecular weight excluding hydrogens is 270 g/mol. The number of benzene rings is 1. The van der Waals surface area contributed by atoms with Gasteiger partial charge in [0.15, 0.2) is 0 Å². The highest BCUT2D eigenvalue weighted by Gasteiger charge is 2.09. The first-order valence-electron chi connectivity index (χ1n) is 8.04. The van der Waals surface area contributed by atoms with Crippen LogP contribution in [0.15, 0.2) is 48.7 Å². The Morgan fingerprint density at radius 3 is 2.86 bits per heavy atom. The van der Waals surface area contributed by atoms with E-state index in [1.54, 1.807) is 0 Å². The number of hydrogen-bond donors (Lipinski definition) is 2. The molecule has 2 heterocycles. The summed E-state index contributed by atoms with van der Waals surface area (Å²) in [4.78, 5) is 4.52. The molecule has 0 spiro atoms. The van der Waals surface area contributed by atoms with Crippen molar-refractivity contribution in [1.29, 1.82) is 0 Å².